The van der Waals surface area contributed by atoms with Gasteiger partial charge < -0.3 is 19.8 Å². The number of halogens is 2. The van der Waals surface area contributed by atoms with E-state index >= 15 is 0 Å². The van der Waals surface area contributed by atoms with Crippen LogP contribution in [0.5, 0.6) is 0 Å². The van der Waals surface area contributed by atoms with Gasteiger partial charge in [0, 0.05) is 21.6 Å². The normalized spacial score (nSPS) is 15.4. The van der Waals surface area contributed by atoms with Crippen LogP contribution in [0.4, 0.5) is 5.82 Å². The van der Waals surface area contributed by atoms with Gasteiger partial charge in [0.05, 0.1) is 6.33 Å². The second kappa shape index (κ2) is 9.01. The number of rotatable bonds is 6. The Bertz CT molecular complexity index is 1280. The van der Waals surface area contributed by atoms with Crippen LogP contribution >= 0.6 is 39.3 Å². The maximum atomic E-state index is 6.29. The molecule has 0 spiro atoms. The molecule has 0 saturated carbocycles. The number of aryl methyl sites for hydroxylation is 2. The van der Waals surface area contributed by atoms with Crippen LogP contribution in [0.2, 0.25) is 5.02 Å². The molecule has 0 radical (unpaired) electrons. The molecule has 0 aliphatic carbocycles. The predicted molar refractivity (Wildman–Crippen MR) is 127 cm³/mol. The van der Waals surface area contributed by atoms with E-state index in [4.69, 9.17) is 26.8 Å². The Morgan fingerprint density at radius 3 is 2.78 bits per heavy atom. The van der Waals surface area contributed by atoms with E-state index in [1.165, 1.54) is 11.8 Å². The second-order valence-corrected chi connectivity index (χ2v) is 9.22. The zero-order valence-corrected chi connectivity index (χ0v) is 19.8. The fraction of sp³-hybridized carbons (Fsp3) is 0.136. The summed E-state index contributed by atoms with van der Waals surface area (Å²) in [7, 11) is 0. The summed E-state index contributed by atoms with van der Waals surface area (Å²) in [6, 6.07) is 15.5. The number of anilines is 1. The van der Waals surface area contributed by atoms with Gasteiger partial charge in [-0.2, -0.15) is 0 Å². The van der Waals surface area contributed by atoms with Crippen LogP contribution in [0.1, 0.15) is 17.4 Å². The number of nitrogens with zero attached hydrogens (tertiary/aromatic N) is 4. The van der Waals surface area contributed by atoms with Crippen LogP contribution in [0.25, 0.3) is 11.5 Å². The molecule has 0 saturated heterocycles. The highest BCUT2D eigenvalue weighted by Gasteiger charge is 2.26. The SMILES string of the molecule is Nc1ncn(CCc2ccccc2Cl)c2nc(SC3=COC(c4ccccc4Br)O3)nc1-2. The first-order valence-electron chi connectivity index (χ1n) is 9.75. The third-order valence-electron chi connectivity index (χ3n) is 4.91. The summed E-state index contributed by atoms with van der Waals surface area (Å²) in [6.45, 7) is 0.642. The molecule has 2 aromatic rings. The fourth-order valence-corrected chi connectivity index (χ4v) is 4.69. The van der Waals surface area contributed by atoms with Crippen molar-refractivity contribution in [3.63, 3.8) is 0 Å². The van der Waals surface area contributed by atoms with Gasteiger partial charge in [-0.3, -0.25) is 0 Å². The third-order valence-corrected chi connectivity index (χ3v) is 6.76. The van der Waals surface area contributed by atoms with E-state index in [-0.39, 0.29) is 0 Å². The minimum absolute atomic E-state index is 0.331. The lowest BCUT2D eigenvalue weighted by Crippen LogP contribution is -2.10. The Balaban J connectivity index is 1.33. The average Bonchev–Trinajstić information content (AvgIpc) is 3.43. The van der Waals surface area contributed by atoms with Crippen molar-refractivity contribution < 1.29 is 9.47 Å². The van der Waals surface area contributed by atoms with Crippen LogP contribution in [-0.4, -0.2) is 19.5 Å². The molecule has 0 amide bonds. The number of thioether (sulfide) groups is 1. The minimum atomic E-state index is -0.523. The lowest BCUT2D eigenvalue weighted by atomic mass is 10.1. The number of nitrogens with two attached hydrogens (primary N) is 1. The molecule has 1 unspecified atom stereocenters. The molecular formula is C22H17BrClN5O2S. The Morgan fingerprint density at radius 1 is 1.12 bits per heavy atom. The first kappa shape index (κ1) is 21.1. The van der Waals surface area contributed by atoms with E-state index in [9.17, 15) is 0 Å². The molecule has 10 heteroatoms. The zero-order valence-electron chi connectivity index (χ0n) is 16.6. The Labute approximate surface area is 202 Å². The number of benzene rings is 2. The Morgan fingerprint density at radius 2 is 1.94 bits per heavy atom. The number of ether oxygens (including phenoxy) is 2. The van der Waals surface area contributed by atoms with Crippen molar-refractivity contribution in [1.82, 2.24) is 19.5 Å². The summed E-state index contributed by atoms with van der Waals surface area (Å²) < 4.78 is 14.5. The summed E-state index contributed by atoms with van der Waals surface area (Å²) in [6.07, 6.45) is 3.46. The lowest BCUT2D eigenvalue weighted by Gasteiger charge is -2.12. The summed E-state index contributed by atoms with van der Waals surface area (Å²) in [5.41, 5.74) is 8.57. The molecule has 0 aromatic heterocycles. The maximum Gasteiger partial charge on any atom is 0.268 e. The van der Waals surface area contributed by atoms with Gasteiger partial charge in [0.25, 0.3) is 6.29 Å². The summed E-state index contributed by atoms with van der Waals surface area (Å²) in [4.78, 5) is 13.5. The Hall–Kier alpha value is -2.75. The van der Waals surface area contributed by atoms with Gasteiger partial charge in [-0.25, -0.2) is 15.0 Å². The zero-order chi connectivity index (χ0) is 22.1. The fourth-order valence-electron chi connectivity index (χ4n) is 3.30. The molecular weight excluding hydrogens is 514 g/mol. The Kier molecular flexibility index (Phi) is 5.95. The van der Waals surface area contributed by atoms with Crippen molar-refractivity contribution in [2.24, 2.45) is 0 Å². The molecule has 0 bridgehead atoms. The molecule has 3 aliphatic rings. The van der Waals surface area contributed by atoms with Crippen LogP contribution in [0, 0.1) is 0 Å². The molecule has 2 aromatic carbocycles. The van der Waals surface area contributed by atoms with Crippen molar-refractivity contribution in [3.8, 4) is 11.5 Å². The number of hydrogen-bond acceptors (Lipinski definition) is 7. The number of nitrogen functional groups attached to an aromatic ring is 1. The topological polar surface area (TPSA) is 88.1 Å². The van der Waals surface area contributed by atoms with Crippen molar-refractivity contribution in [2.45, 2.75) is 24.4 Å². The van der Waals surface area contributed by atoms with Crippen LogP contribution < -0.4 is 5.73 Å². The number of aromatic nitrogens is 4. The van der Waals surface area contributed by atoms with E-state index in [0.29, 0.717) is 34.1 Å². The first-order valence-corrected chi connectivity index (χ1v) is 11.7. The van der Waals surface area contributed by atoms with Gasteiger partial charge in [0.1, 0.15) is 6.26 Å². The van der Waals surface area contributed by atoms with Gasteiger partial charge in [-0.15, -0.1) is 0 Å². The van der Waals surface area contributed by atoms with E-state index in [2.05, 4.69) is 30.9 Å². The molecule has 32 heavy (non-hydrogen) atoms. The highest BCUT2D eigenvalue weighted by molar-refractivity contribution is 9.10. The molecule has 3 heterocycles. The van der Waals surface area contributed by atoms with E-state index in [0.717, 1.165) is 27.0 Å². The first-order chi connectivity index (χ1) is 15.6. The molecule has 162 valence electrons. The summed E-state index contributed by atoms with van der Waals surface area (Å²) in [5, 5.41) is 1.81. The van der Waals surface area contributed by atoms with Crippen molar-refractivity contribution in [2.75, 3.05) is 5.73 Å². The average molecular weight is 531 g/mol. The van der Waals surface area contributed by atoms with Gasteiger partial charge in [0.2, 0.25) is 5.09 Å². The lowest BCUT2D eigenvalue weighted by molar-refractivity contribution is -0.0278. The molecule has 7 nitrogen and oxygen atoms in total. The molecule has 2 N–H and O–H groups in total. The quantitative estimate of drug-likeness (QED) is 0.344. The summed E-state index contributed by atoms with van der Waals surface area (Å²) >= 11 is 11.1. The van der Waals surface area contributed by atoms with Crippen molar-refractivity contribution >= 4 is 45.1 Å². The van der Waals surface area contributed by atoms with Crippen LogP contribution in [0.3, 0.4) is 0 Å². The molecule has 3 aliphatic heterocycles. The third kappa shape index (κ3) is 4.28. The number of imidazole rings is 1. The number of hydrogen-bond donors (Lipinski definition) is 1. The van der Waals surface area contributed by atoms with Gasteiger partial charge >= 0.3 is 0 Å². The monoisotopic (exact) mass is 529 g/mol. The molecule has 1 atom stereocenters. The van der Waals surface area contributed by atoms with Crippen molar-refractivity contribution in [1.29, 1.82) is 0 Å². The van der Waals surface area contributed by atoms with E-state index in [1.54, 1.807) is 12.6 Å². The van der Waals surface area contributed by atoms with Gasteiger partial charge in [-0.1, -0.05) is 63.9 Å². The van der Waals surface area contributed by atoms with Gasteiger partial charge in [-0.05, 0) is 35.9 Å². The minimum Gasteiger partial charge on any atom is -0.454 e. The molecule has 5 rings (SSSR count). The summed E-state index contributed by atoms with van der Waals surface area (Å²) in [5.74, 6) is 0.992. The highest BCUT2D eigenvalue weighted by Crippen LogP contribution is 2.40. The standard InChI is InChI=1S/C22H17BrClN5O2S/c23-15-7-3-2-6-14(15)21-30-11-17(31-21)32-22-27-18-19(25)26-12-29(20(18)28-22)10-9-13-5-1-4-8-16(13)24/h1-8,11-12,21H,9-10,25H2. The largest absolute Gasteiger partial charge is 0.454 e. The number of fused-ring (bicyclic) bond motifs is 1. The van der Waals surface area contributed by atoms with Crippen molar-refractivity contribution in [3.05, 3.63) is 86.8 Å². The van der Waals surface area contributed by atoms with E-state index < -0.39 is 6.29 Å². The predicted octanol–water partition coefficient (Wildman–Crippen LogP) is 5.66. The second-order valence-electron chi connectivity index (χ2n) is 6.99. The smallest absolute Gasteiger partial charge is 0.268 e. The van der Waals surface area contributed by atoms with Crippen LogP contribution in [-0.2, 0) is 22.4 Å². The molecule has 0 fully saturated rings. The van der Waals surface area contributed by atoms with Gasteiger partial charge in [0.15, 0.2) is 22.5 Å². The van der Waals surface area contributed by atoms with Crippen LogP contribution in [0.15, 0.2) is 75.8 Å². The highest BCUT2D eigenvalue weighted by atomic mass is 79.9. The van der Waals surface area contributed by atoms with E-state index in [1.807, 2.05) is 53.1 Å². The maximum absolute atomic E-state index is 6.29.